The molecule has 3 nitrogen and oxygen atoms in total. The van der Waals surface area contributed by atoms with Crippen molar-refractivity contribution in [1.29, 1.82) is 0 Å². The lowest BCUT2D eigenvalue weighted by molar-refractivity contribution is 0.252. The van der Waals surface area contributed by atoms with Crippen LogP contribution in [0.15, 0.2) is 18.2 Å². The summed E-state index contributed by atoms with van der Waals surface area (Å²) in [5.41, 5.74) is 1.85. The van der Waals surface area contributed by atoms with E-state index in [0.717, 1.165) is 11.3 Å². The highest BCUT2D eigenvalue weighted by Gasteiger charge is 2.24. The Hall–Kier alpha value is -1.22. The van der Waals surface area contributed by atoms with Crippen molar-refractivity contribution in [3.63, 3.8) is 0 Å². The average molecular weight is 211 g/mol. The number of anilines is 1. The minimum Gasteiger partial charge on any atom is -0.336 e. The molecule has 0 bridgehead atoms. The Balaban J connectivity index is 2.44. The normalized spacial score (nSPS) is 15.9. The van der Waals surface area contributed by atoms with Gasteiger partial charge in [-0.2, -0.15) is 0 Å². The highest BCUT2D eigenvalue weighted by Crippen LogP contribution is 2.30. The largest absolute Gasteiger partial charge is 0.336 e. The number of halogens is 1. The highest BCUT2D eigenvalue weighted by atomic mass is 35.5. The summed E-state index contributed by atoms with van der Waals surface area (Å²) in [7, 11) is 0. The number of benzene rings is 1. The Morgan fingerprint density at radius 1 is 1.50 bits per heavy atom. The Bertz CT molecular complexity index is 358. The van der Waals surface area contributed by atoms with Gasteiger partial charge in [-0.25, -0.2) is 4.79 Å². The molecule has 1 aliphatic heterocycles. The second kappa shape index (κ2) is 3.50. The first-order valence-corrected chi connectivity index (χ1v) is 4.88. The molecule has 2 rings (SSSR count). The minimum atomic E-state index is -0.0683. The SMILES string of the molecule is Cc1cccc(Cl)c1N1CCNC1=O. The fraction of sp³-hybridized carbons (Fsp3) is 0.300. The molecule has 1 aromatic carbocycles. The lowest BCUT2D eigenvalue weighted by atomic mass is 10.2. The third-order valence-corrected chi connectivity index (χ3v) is 2.62. The zero-order valence-electron chi connectivity index (χ0n) is 7.88. The van der Waals surface area contributed by atoms with Gasteiger partial charge in [0.1, 0.15) is 0 Å². The van der Waals surface area contributed by atoms with Gasteiger partial charge >= 0.3 is 6.03 Å². The van der Waals surface area contributed by atoms with Gasteiger partial charge in [-0.3, -0.25) is 4.90 Å². The van der Waals surface area contributed by atoms with Crippen LogP contribution < -0.4 is 10.2 Å². The van der Waals surface area contributed by atoms with Crippen LogP contribution in [0.25, 0.3) is 0 Å². The van der Waals surface area contributed by atoms with Gasteiger partial charge in [-0.15, -0.1) is 0 Å². The second-order valence-corrected chi connectivity index (χ2v) is 3.70. The summed E-state index contributed by atoms with van der Waals surface area (Å²) in [6.45, 7) is 3.32. The third kappa shape index (κ3) is 1.44. The monoisotopic (exact) mass is 210 g/mol. The average Bonchev–Trinajstić information content (AvgIpc) is 2.52. The van der Waals surface area contributed by atoms with Gasteiger partial charge in [-0.05, 0) is 18.6 Å². The van der Waals surface area contributed by atoms with E-state index in [1.54, 1.807) is 11.0 Å². The van der Waals surface area contributed by atoms with E-state index in [2.05, 4.69) is 5.32 Å². The van der Waals surface area contributed by atoms with Crippen molar-refractivity contribution in [3.05, 3.63) is 28.8 Å². The van der Waals surface area contributed by atoms with Crippen LogP contribution in [-0.2, 0) is 0 Å². The number of aryl methyl sites for hydroxylation is 1. The van der Waals surface area contributed by atoms with E-state index >= 15 is 0 Å². The topological polar surface area (TPSA) is 32.3 Å². The highest BCUT2D eigenvalue weighted by molar-refractivity contribution is 6.34. The molecule has 14 heavy (non-hydrogen) atoms. The summed E-state index contributed by atoms with van der Waals surface area (Å²) in [6.07, 6.45) is 0. The first-order chi connectivity index (χ1) is 6.70. The van der Waals surface area contributed by atoms with Gasteiger partial charge in [0.25, 0.3) is 0 Å². The van der Waals surface area contributed by atoms with E-state index in [4.69, 9.17) is 11.6 Å². The molecule has 1 N–H and O–H groups in total. The summed E-state index contributed by atoms with van der Waals surface area (Å²) in [4.78, 5) is 13.1. The molecule has 0 saturated carbocycles. The Kier molecular flexibility index (Phi) is 2.33. The fourth-order valence-electron chi connectivity index (χ4n) is 1.65. The summed E-state index contributed by atoms with van der Waals surface area (Å²) >= 11 is 6.05. The molecule has 1 fully saturated rings. The Labute approximate surface area is 87.7 Å². The smallest absolute Gasteiger partial charge is 0.322 e. The van der Waals surface area contributed by atoms with Crippen LogP contribution in [0.1, 0.15) is 5.56 Å². The minimum absolute atomic E-state index is 0.0683. The molecule has 0 aromatic heterocycles. The molecule has 1 saturated heterocycles. The van der Waals surface area contributed by atoms with Gasteiger partial charge < -0.3 is 5.32 Å². The van der Waals surface area contributed by atoms with E-state index in [1.807, 2.05) is 19.1 Å². The predicted molar refractivity (Wildman–Crippen MR) is 56.9 cm³/mol. The number of carbonyl (C=O) groups excluding carboxylic acids is 1. The number of nitrogens with zero attached hydrogens (tertiary/aromatic N) is 1. The van der Waals surface area contributed by atoms with E-state index in [0.29, 0.717) is 18.1 Å². The molecule has 4 heteroatoms. The maximum absolute atomic E-state index is 11.4. The fourth-order valence-corrected chi connectivity index (χ4v) is 1.97. The van der Waals surface area contributed by atoms with Crippen molar-refractivity contribution in [1.82, 2.24) is 5.32 Å². The van der Waals surface area contributed by atoms with Crippen LogP contribution in [-0.4, -0.2) is 19.1 Å². The van der Waals surface area contributed by atoms with Crippen molar-refractivity contribution in [2.45, 2.75) is 6.92 Å². The van der Waals surface area contributed by atoms with Gasteiger partial charge in [-0.1, -0.05) is 23.7 Å². The molecule has 74 valence electrons. The molecule has 1 heterocycles. The van der Waals surface area contributed by atoms with E-state index < -0.39 is 0 Å². The number of carbonyl (C=O) groups is 1. The van der Waals surface area contributed by atoms with E-state index in [1.165, 1.54) is 0 Å². The number of urea groups is 1. The number of amides is 2. The standard InChI is InChI=1S/C10H11ClN2O/c1-7-3-2-4-8(11)9(7)13-6-5-12-10(13)14/h2-4H,5-6H2,1H3,(H,12,14). The molecule has 1 aromatic rings. The van der Waals surface area contributed by atoms with Crippen LogP contribution in [0.3, 0.4) is 0 Å². The number of nitrogens with one attached hydrogen (secondary N) is 1. The van der Waals surface area contributed by atoms with Crippen molar-refractivity contribution in [2.24, 2.45) is 0 Å². The zero-order chi connectivity index (χ0) is 10.1. The second-order valence-electron chi connectivity index (χ2n) is 3.29. The molecule has 0 atom stereocenters. The molecule has 0 radical (unpaired) electrons. The van der Waals surface area contributed by atoms with Crippen molar-refractivity contribution in [2.75, 3.05) is 18.0 Å². The van der Waals surface area contributed by atoms with Crippen LogP contribution in [0.4, 0.5) is 10.5 Å². The number of hydrogen-bond acceptors (Lipinski definition) is 1. The maximum atomic E-state index is 11.4. The van der Waals surface area contributed by atoms with Crippen LogP contribution in [0.5, 0.6) is 0 Å². The lowest BCUT2D eigenvalue weighted by Crippen LogP contribution is -2.28. The first kappa shape index (κ1) is 9.34. The molecule has 1 aliphatic rings. The van der Waals surface area contributed by atoms with Gasteiger partial charge in [0.05, 0.1) is 10.7 Å². The van der Waals surface area contributed by atoms with Crippen LogP contribution >= 0.6 is 11.6 Å². The van der Waals surface area contributed by atoms with E-state index in [-0.39, 0.29) is 6.03 Å². The lowest BCUT2D eigenvalue weighted by Gasteiger charge is -2.18. The van der Waals surface area contributed by atoms with Gasteiger partial charge in [0.2, 0.25) is 0 Å². The van der Waals surface area contributed by atoms with Crippen LogP contribution in [0, 0.1) is 6.92 Å². The van der Waals surface area contributed by atoms with Gasteiger partial charge in [0, 0.05) is 13.1 Å². The van der Waals surface area contributed by atoms with Crippen LogP contribution in [0.2, 0.25) is 5.02 Å². The summed E-state index contributed by atoms with van der Waals surface area (Å²) in [6, 6.07) is 5.57. The van der Waals surface area contributed by atoms with E-state index in [9.17, 15) is 4.79 Å². The first-order valence-electron chi connectivity index (χ1n) is 4.50. The van der Waals surface area contributed by atoms with Crippen molar-refractivity contribution in [3.8, 4) is 0 Å². The molecular formula is C10H11ClN2O. The number of para-hydroxylation sites is 1. The predicted octanol–water partition coefficient (Wildman–Crippen LogP) is 2.18. The molecule has 2 amide bonds. The molecule has 0 spiro atoms. The Morgan fingerprint density at radius 2 is 2.29 bits per heavy atom. The van der Waals surface area contributed by atoms with Crippen molar-refractivity contribution < 1.29 is 4.79 Å². The van der Waals surface area contributed by atoms with Crippen molar-refractivity contribution >= 4 is 23.3 Å². The summed E-state index contributed by atoms with van der Waals surface area (Å²) < 4.78 is 0. The Morgan fingerprint density at radius 3 is 2.86 bits per heavy atom. The quantitative estimate of drug-likeness (QED) is 0.757. The van der Waals surface area contributed by atoms with Gasteiger partial charge in [0.15, 0.2) is 0 Å². The zero-order valence-corrected chi connectivity index (χ0v) is 8.64. The number of rotatable bonds is 1. The molecular weight excluding hydrogens is 200 g/mol. The number of hydrogen-bond donors (Lipinski definition) is 1. The summed E-state index contributed by atoms with van der Waals surface area (Å²) in [5.74, 6) is 0. The molecule has 0 aliphatic carbocycles. The summed E-state index contributed by atoms with van der Waals surface area (Å²) in [5, 5.41) is 3.38. The third-order valence-electron chi connectivity index (χ3n) is 2.32. The maximum Gasteiger partial charge on any atom is 0.322 e. The molecule has 0 unspecified atom stereocenters.